The fourth-order valence-electron chi connectivity index (χ4n) is 2.98. The number of hydrogen-bond acceptors (Lipinski definition) is 4. The summed E-state index contributed by atoms with van der Waals surface area (Å²) < 4.78 is 4.97. The van der Waals surface area contributed by atoms with E-state index >= 15 is 0 Å². The van der Waals surface area contributed by atoms with Gasteiger partial charge >= 0.3 is 0 Å². The number of aliphatic hydroxyl groups is 1. The molecule has 0 radical (unpaired) electrons. The first kappa shape index (κ1) is 16.9. The average Bonchev–Trinajstić information content (AvgIpc) is 2.43. The molecular weight excluding hydrogens is 240 g/mol. The molecule has 0 aliphatic heterocycles. The smallest absolute Gasteiger partial charge is 0.0791 e. The van der Waals surface area contributed by atoms with Crippen molar-refractivity contribution in [1.29, 1.82) is 0 Å². The van der Waals surface area contributed by atoms with Gasteiger partial charge in [0, 0.05) is 32.8 Å². The van der Waals surface area contributed by atoms with Crippen LogP contribution in [0.5, 0.6) is 0 Å². The van der Waals surface area contributed by atoms with E-state index in [0.29, 0.717) is 19.2 Å². The highest BCUT2D eigenvalue weighted by Gasteiger charge is 2.23. The maximum Gasteiger partial charge on any atom is 0.0791 e. The van der Waals surface area contributed by atoms with Crippen molar-refractivity contribution < 1.29 is 9.84 Å². The highest BCUT2D eigenvalue weighted by molar-refractivity contribution is 4.79. The monoisotopic (exact) mass is 272 g/mol. The summed E-state index contributed by atoms with van der Waals surface area (Å²) in [5, 5.41) is 13.2. The molecule has 0 amide bonds. The Morgan fingerprint density at radius 1 is 1.32 bits per heavy atom. The van der Waals surface area contributed by atoms with Gasteiger partial charge in [-0.1, -0.05) is 13.3 Å². The molecule has 19 heavy (non-hydrogen) atoms. The molecule has 1 atom stereocenters. The Balaban J connectivity index is 2.14. The van der Waals surface area contributed by atoms with Gasteiger partial charge in [-0.2, -0.15) is 0 Å². The maximum atomic E-state index is 10.0. The summed E-state index contributed by atoms with van der Waals surface area (Å²) in [6.45, 7) is 5.21. The molecule has 1 fully saturated rings. The molecule has 1 rings (SSSR count). The standard InChI is InChI=1S/C15H32N2O2/c1-4-13-5-7-14(8-6-13)17(2)12-15(18)11-16-9-10-19-3/h13-16,18H,4-12H2,1-3H3. The Hall–Kier alpha value is -0.160. The number of ether oxygens (including phenoxy) is 1. The van der Waals surface area contributed by atoms with E-state index in [2.05, 4.69) is 24.2 Å². The number of nitrogens with one attached hydrogen (secondary N) is 1. The molecule has 0 spiro atoms. The summed E-state index contributed by atoms with van der Waals surface area (Å²) in [7, 11) is 3.84. The van der Waals surface area contributed by atoms with Crippen molar-refractivity contribution in [2.75, 3.05) is 40.4 Å². The van der Waals surface area contributed by atoms with Crippen LogP contribution in [0.4, 0.5) is 0 Å². The zero-order chi connectivity index (χ0) is 14.1. The normalized spacial score (nSPS) is 25.7. The largest absolute Gasteiger partial charge is 0.390 e. The van der Waals surface area contributed by atoms with Crippen molar-refractivity contribution in [3.05, 3.63) is 0 Å². The number of methoxy groups -OCH3 is 1. The summed E-state index contributed by atoms with van der Waals surface area (Å²) >= 11 is 0. The molecule has 1 saturated carbocycles. The third-order valence-electron chi connectivity index (χ3n) is 4.38. The molecule has 4 heteroatoms. The van der Waals surface area contributed by atoms with Gasteiger partial charge in [0.05, 0.1) is 12.7 Å². The molecular formula is C15H32N2O2. The Morgan fingerprint density at radius 3 is 2.58 bits per heavy atom. The van der Waals surface area contributed by atoms with E-state index < -0.39 is 0 Å². The van der Waals surface area contributed by atoms with E-state index in [9.17, 15) is 5.11 Å². The molecule has 114 valence electrons. The molecule has 0 aromatic heterocycles. The van der Waals surface area contributed by atoms with Gasteiger partial charge in [0.15, 0.2) is 0 Å². The van der Waals surface area contributed by atoms with Crippen LogP contribution in [0.3, 0.4) is 0 Å². The summed E-state index contributed by atoms with van der Waals surface area (Å²) in [5.74, 6) is 0.935. The Labute approximate surface area is 118 Å². The quantitative estimate of drug-likeness (QED) is 0.624. The Morgan fingerprint density at radius 2 is 2.00 bits per heavy atom. The van der Waals surface area contributed by atoms with Crippen LogP contribution in [-0.2, 0) is 4.74 Å². The van der Waals surface area contributed by atoms with E-state index in [1.54, 1.807) is 7.11 Å². The lowest BCUT2D eigenvalue weighted by Gasteiger charge is -2.35. The molecule has 0 heterocycles. The predicted octanol–water partition coefficient (Wildman–Crippen LogP) is 1.48. The molecule has 1 unspecified atom stereocenters. The second-order valence-corrected chi connectivity index (χ2v) is 5.87. The van der Waals surface area contributed by atoms with E-state index in [4.69, 9.17) is 4.74 Å². The Kier molecular flexibility index (Phi) is 8.62. The molecule has 0 aromatic carbocycles. The Bertz CT molecular complexity index is 218. The van der Waals surface area contributed by atoms with Gasteiger partial charge in [0.25, 0.3) is 0 Å². The zero-order valence-electron chi connectivity index (χ0n) is 12.9. The molecule has 1 aliphatic rings. The molecule has 2 N–H and O–H groups in total. The third-order valence-corrected chi connectivity index (χ3v) is 4.38. The number of hydrogen-bond donors (Lipinski definition) is 2. The first-order valence-corrected chi connectivity index (χ1v) is 7.75. The first-order valence-electron chi connectivity index (χ1n) is 7.75. The van der Waals surface area contributed by atoms with Crippen LogP contribution < -0.4 is 5.32 Å². The highest BCUT2D eigenvalue weighted by atomic mass is 16.5. The minimum atomic E-state index is -0.286. The minimum absolute atomic E-state index is 0.286. The van der Waals surface area contributed by atoms with E-state index in [-0.39, 0.29) is 6.10 Å². The summed E-state index contributed by atoms with van der Waals surface area (Å²) in [4.78, 5) is 2.34. The van der Waals surface area contributed by atoms with Gasteiger partial charge < -0.3 is 20.1 Å². The summed E-state index contributed by atoms with van der Waals surface area (Å²) in [5.41, 5.74) is 0. The average molecular weight is 272 g/mol. The van der Waals surface area contributed by atoms with Crippen LogP contribution in [0, 0.1) is 5.92 Å². The van der Waals surface area contributed by atoms with Crippen molar-refractivity contribution in [2.45, 2.75) is 51.2 Å². The third kappa shape index (κ3) is 6.70. The second kappa shape index (κ2) is 9.70. The van der Waals surface area contributed by atoms with Crippen molar-refractivity contribution in [2.24, 2.45) is 5.92 Å². The van der Waals surface area contributed by atoms with Gasteiger partial charge in [-0.05, 0) is 38.6 Å². The number of rotatable bonds is 9. The van der Waals surface area contributed by atoms with Crippen molar-refractivity contribution in [1.82, 2.24) is 10.2 Å². The van der Waals surface area contributed by atoms with Gasteiger partial charge in [0.1, 0.15) is 0 Å². The lowest BCUT2D eigenvalue weighted by molar-refractivity contribution is 0.0821. The molecule has 0 saturated heterocycles. The van der Waals surface area contributed by atoms with Gasteiger partial charge in [-0.15, -0.1) is 0 Å². The summed E-state index contributed by atoms with van der Waals surface area (Å²) in [6.07, 6.45) is 6.33. The zero-order valence-corrected chi connectivity index (χ0v) is 12.9. The van der Waals surface area contributed by atoms with Crippen molar-refractivity contribution in [3.8, 4) is 0 Å². The van der Waals surface area contributed by atoms with Crippen LogP contribution in [-0.4, -0.2) is 62.6 Å². The van der Waals surface area contributed by atoms with Crippen LogP contribution in [0.2, 0.25) is 0 Å². The highest BCUT2D eigenvalue weighted by Crippen LogP contribution is 2.28. The fraction of sp³-hybridized carbons (Fsp3) is 1.00. The summed E-state index contributed by atoms with van der Waals surface area (Å²) in [6, 6.07) is 0.663. The van der Waals surface area contributed by atoms with Gasteiger partial charge in [0.2, 0.25) is 0 Å². The van der Waals surface area contributed by atoms with Crippen LogP contribution in [0.15, 0.2) is 0 Å². The lowest BCUT2D eigenvalue weighted by atomic mass is 9.84. The molecule has 1 aliphatic carbocycles. The van der Waals surface area contributed by atoms with Gasteiger partial charge in [-0.25, -0.2) is 0 Å². The lowest BCUT2D eigenvalue weighted by Crippen LogP contribution is -2.43. The SMILES string of the molecule is CCC1CCC(N(C)CC(O)CNCCOC)CC1. The van der Waals surface area contributed by atoms with E-state index in [1.807, 2.05) is 0 Å². The molecule has 4 nitrogen and oxygen atoms in total. The predicted molar refractivity (Wildman–Crippen MR) is 79.4 cm³/mol. The first-order chi connectivity index (χ1) is 9.17. The van der Waals surface area contributed by atoms with Crippen LogP contribution >= 0.6 is 0 Å². The van der Waals surface area contributed by atoms with Crippen molar-refractivity contribution in [3.63, 3.8) is 0 Å². The molecule has 0 aromatic rings. The van der Waals surface area contributed by atoms with Crippen LogP contribution in [0.1, 0.15) is 39.0 Å². The van der Waals surface area contributed by atoms with Crippen molar-refractivity contribution >= 4 is 0 Å². The minimum Gasteiger partial charge on any atom is -0.390 e. The van der Waals surface area contributed by atoms with Gasteiger partial charge in [-0.3, -0.25) is 0 Å². The maximum absolute atomic E-state index is 10.0. The topological polar surface area (TPSA) is 44.7 Å². The second-order valence-electron chi connectivity index (χ2n) is 5.87. The number of nitrogens with zero attached hydrogens (tertiary/aromatic N) is 1. The number of likely N-dealkylation sites (N-methyl/N-ethyl adjacent to an activating group) is 1. The van der Waals surface area contributed by atoms with E-state index in [0.717, 1.165) is 19.0 Å². The number of aliphatic hydroxyl groups excluding tert-OH is 1. The molecule has 0 bridgehead atoms. The van der Waals surface area contributed by atoms with E-state index in [1.165, 1.54) is 32.1 Å². The van der Waals surface area contributed by atoms with Crippen LogP contribution in [0.25, 0.3) is 0 Å². The fourth-order valence-corrected chi connectivity index (χ4v) is 2.98.